The van der Waals surface area contributed by atoms with E-state index in [1.165, 1.54) is 0 Å². The molecule has 0 aliphatic carbocycles. The zero-order chi connectivity index (χ0) is 10.8. The summed E-state index contributed by atoms with van der Waals surface area (Å²) in [5.41, 5.74) is 2.43. The fraction of sp³-hybridized carbons (Fsp3) is 0.500. The molecular formula is C10H13N4O. The Labute approximate surface area is 88.1 Å². The van der Waals surface area contributed by atoms with Gasteiger partial charge in [-0.15, -0.1) is 0 Å². The van der Waals surface area contributed by atoms with Crippen molar-refractivity contribution in [3.8, 4) is 5.88 Å². The number of hydrogen-bond donors (Lipinski definition) is 0. The van der Waals surface area contributed by atoms with E-state index >= 15 is 0 Å². The molecule has 0 aliphatic heterocycles. The molecule has 0 amide bonds. The quantitative estimate of drug-likeness (QED) is 0.759. The topological polar surface area (TPSA) is 52.8 Å². The lowest BCUT2D eigenvalue weighted by Crippen LogP contribution is -2.00. The molecule has 2 heterocycles. The van der Waals surface area contributed by atoms with Crippen molar-refractivity contribution >= 4 is 11.2 Å². The van der Waals surface area contributed by atoms with E-state index in [2.05, 4.69) is 21.3 Å². The number of hydrogen-bond acceptors (Lipinski definition) is 4. The number of ether oxygens (including phenoxy) is 1. The normalized spacial score (nSPS) is 10.9. The molecule has 0 spiro atoms. The summed E-state index contributed by atoms with van der Waals surface area (Å²) in [5, 5.41) is 4.33. The van der Waals surface area contributed by atoms with Crippen LogP contribution in [0.15, 0.2) is 0 Å². The second-order valence-electron chi connectivity index (χ2n) is 3.15. The number of rotatable bonds is 3. The molecule has 0 aliphatic rings. The lowest BCUT2D eigenvalue weighted by molar-refractivity contribution is 0.325. The fourth-order valence-electron chi connectivity index (χ4n) is 1.45. The molecule has 1 radical (unpaired) electrons. The van der Waals surface area contributed by atoms with Crippen LogP contribution in [0, 0.1) is 13.1 Å². The molecule has 0 atom stereocenters. The molecule has 79 valence electrons. The summed E-state index contributed by atoms with van der Waals surface area (Å²) < 4.78 is 7.07. The molecule has 0 fully saturated rings. The van der Waals surface area contributed by atoms with Gasteiger partial charge in [0.1, 0.15) is 5.52 Å². The van der Waals surface area contributed by atoms with E-state index in [1.807, 2.05) is 25.5 Å². The van der Waals surface area contributed by atoms with Gasteiger partial charge in [0.15, 0.2) is 11.8 Å². The largest absolute Gasteiger partial charge is 0.476 e. The van der Waals surface area contributed by atoms with Crippen LogP contribution in [0.3, 0.4) is 0 Å². The molecular weight excluding hydrogens is 192 g/mol. The van der Waals surface area contributed by atoms with Gasteiger partial charge in [-0.1, -0.05) is 0 Å². The van der Waals surface area contributed by atoms with Gasteiger partial charge in [-0.25, -0.2) is 9.67 Å². The molecule has 0 N–H and O–H groups in total. The first kappa shape index (κ1) is 9.89. The number of aryl methyl sites for hydroxylation is 2. The molecule has 0 saturated carbocycles. The highest BCUT2D eigenvalue weighted by atomic mass is 16.5. The Balaban J connectivity index is 2.58. The Morgan fingerprint density at radius 2 is 2.20 bits per heavy atom. The predicted molar refractivity (Wildman–Crippen MR) is 55.7 cm³/mol. The van der Waals surface area contributed by atoms with Crippen molar-refractivity contribution in [1.82, 2.24) is 19.7 Å². The Bertz CT molecular complexity index is 477. The molecule has 0 unspecified atom stereocenters. The summed E-state index contributed by atoms with van der Waals surface area (Å²) in [6, 6.07) is 0. The number of fused-ring (bicyclic) bond motifs is 1. The summed E-state index contributed by atoms with van der Waals surface area (Å²) in [7, 11) is 0. The van der Waals surface area contributed by atoms with Crippen LogP contribution in [-0.2, 0) is 6.54 Å². The van der Waals surface area contributed by atoms with E-state index in [0.717, 1.165) is 23.4 Å². The van der Waals surface area contributed by atoms with Crippen LogP contribution in [0.2, 0.25) is 0 Å². The van der Waals surface area contributed by atoms with E-state index in [4.69, 9.17) is 4.74 Å². The van der Waals surface area contributed by atoms with Crippen LogP contribution in [0.25, 0.3) is 11.2 Å². The van der Waals surface area contributed by atoms with Gasteiger partial charge in [0.2, 0.25) is 5.88 Å². The highest BCUT2D eigenvalue weighted by Crippen LogP contribution is 2.16. The lowest BCUT2D eigenvalue weighted by atomic mass is 10.4. The Hall–Kier alpha value is -1.65. The fourth-order valence-corrected chi connectivity index (χ4v) is 1.45. The van der Waals surface area contributed by atoms with Crippen LogP contribution in [0.4, 0.5) is 0 Å². The monoisotopic (exact) mass is 205 g/mol. The lowest BCUT2D eigenvalue weighted by Gasteiger charge is -2.01. The third-order valence-electron chi connectivity index (χ3n) is 2.12. The Kier molecular flexibility index (Phi) is 2.53. The van der Waals surface area contributed by atoms with Gasteiger partial charge < -0.3 is 4.74 Å². The third kappa shape index (κ3) is 1.65. The average Bonchev–Trinajstić information content (AvgIpc) is 2.56. The average molecular weight is 205 g/mol. The number of nitrogens with zero attached hydrogens (tertiary/aromatic N) is 4. The minimum Gasteiger partial charge on any atom is -0.476 e. The SMILES string of the molecule is CCOc1[c]nc2c(C)nn(CC)c2n1. The van der Waals surface area contributed by atoms with E-state index in [1.54, 1.807) is 0 Å². The van der Waals surface area contributed by atoms with Gasteiger partial charge in [0.25, 0.3) is 0 Å². The maximum Gasteiger partial charge on any atom is 0.244 e. The van der Waals surface area contributed by atoms with Gasteiger partial charge in [-0.05, 0) is 20.8 Å². The molecule has 2 aromatic rings. The van der Waals surface area contributed by atoms with Crippen molar-refractivity contribution in [2.75, 3.05) is 6.61 Å². The molecule has 0 saturated heterocycles. The maximum absolute atomic E-state index is 5.25. The van der Waals surface area contributed by atoms with Crippen molar-refractivity contribution < 1.29 is 4.74 Å². The summed E-state index contributed by atoms with van der Waals surface area (Å²) in [5.74, 6) is 0.430. The molecule has 0 bridgehead atoms. The van der Waals surface area contributed by atoms with E-state index in [0.29, 0.717) is 12.5 Å². The van der Waals surface area contributed by atoms with E-state index in [9.17, 15) is 0 Å². The van der Waals surface area contributed by atoms with Gasteiger partial charge in [0.05, 0.1) is 12.3 Å². The standard InChI is InChI=1S/C10H13N4O/c1-4-14-10-9(7(3)13-14)11-6-8(12-10)15-5-2/h4-5H2,1-3H3. The summed E-state index contributed by atoms with van der Waals surface area (Å²) in [4.78, 5) is 8.49. The molecule has 2 aromatic heterocycles. The van der Waals surface area contributed by atoms with E-state index < -0.39 is 0 Å². The highest BCUT2D eigenvalue weighted by Gasteiger charge is 2.10. The van der Waals surface area contributed by atoms with Crippen LogP contribution in [0.1, 0.15) is 19.5 Å². The predicted octanol–water partition coefficient (Wildman–Crippen LogP) is 1.35. The van der Waals surface area contributed by atoms with Crippen LogP contribution < -0.4 is 4.74 Å². The molecule has 0 aromatic carbocycles. The van der Waals surface area contributed by atoms with Crippen LogP contribution >= 0.6 is 0 Å². The molecule has 5 nitrogen and oxygen atoms in total. The van der Waals surface area contributed by atoms with Gasteiger partial charge in [-0.2, -0.15) is 10.1 Å². The van der Waals surface area contributed by atoms with Gasteiger partial charge in [-0.3, -0.25) is 0 Å². The highest BCUT2D eigenvalue weighted by molar-refractivity contribution is 5.73. The Morgan fingerprint density at radius 3 is 2.87 bits per heavy atom. The van der Waals surface area contributed by atoms with Crippen molar-refractivity contribution in [1.29, 1.82) is 0 Å². The minimum atomic E-state index is 0.430. The molecule has 2 rings (SSSR count). The molecule has 15 heavy (non-hydrogen) atoms. The van der Waals surface area contributed by atoms with Crippen molar-refractivity contribution in [3.05, 3.63) is 11.9 Å². The second-order valence-corrected chi connectivity index (χ2v) is 3.15. The summed E-state index contributed by atoms with van der Waals surface area (Å²) in [6.07, 6.45) is 2.75. The second kappa shape index (κ2) is 3.84. The van der Waals surface area contributed by atoms with Gasteiger partial charge >= 0.3 is 0 Å². The maximum atomic E-state index is 5.25. The first-order valence-electron chi connectivity index (χ1n) is 5.01. The van der Waals surface area contributed by atoms with Crippen LogP contribution in [0.5, 0.6) is 5.88 Å². The smallest absolute Gasteiger partial charge is 0.244 e. The summed E-state index contributed by atoms with van der Waals surface area (Å²) >= 11 is 0. The summed E-state index contributed by atoms with van der Waals surface area (Å²) in [6.45, 7) is 7.18. The first-order valence-corrected chi connectivity index (χ1v) is 5.01. The van der Waals surface area contributed by atoms with Gasteiger partial charge in [0, 0.05) is 6.54 Å². The van der Waals surface area contributed by atoms with Crippen molar-refractivity contribution in [2.24, 2.45) is 0 Å². The van der Waals surface area contributed by atoms with Crippen molar-refractivity contribution in [2.45, 2.75) is 27.3 Å². The van der Waals surface area contributed by atoms with Crippen molar-refractivity contribution in [3.63, 3.8) is 0 Å². The van der Waals surface area contributed by atoms with Crippen LogP contribution in [-0.4, -0.2) is 26.4 Å². The number of aromatic nitrogens is 4. The minimum absolute atomic E-state index is 0.430. The van der Waals surface area contributed by atoms with E-state index in [-0.39, 0.29) is 0 Å². The zero-order valence-electron chi connectivity index (χ0n) is 9.11. The first-order chi connectivity index (χ1) is 7.26. The zero-order valence-corrected chi connectivity index (χ0v) is 9.11. The third-order valence-corrected chi connectivity index (χ3v) is 2.12. The Morgan fingerprint density at radius 1 is 1.40 bits per heavy atom. The molecule has 5 heteroatoms.